The van der Waals surface area contributed by atoms with Gasteiger partial charge in [-0.1, -0.05) is 11.3 Å². The highest BCUT2D eigenvalue weighted by molar-refractivity contribution is 7.22. The highest BCUT2D eigenvalue weighted by Gasteiger charge is 2.27. The summed E-state index contributed by atoms with van der Waals surface area (Å²) in [4.78, 5) is 48.8. The van der Waals surface area contributed by atoms with Crippen LogP contribution in [-0.2, 0) is 16.1 Å². The standard InChI is InChI=1S/C23H26N6O5S/c1-13(2)25-21(31)14-5-7-28(8-6-14)23-27-20-19(35-23)22(32)29(11-24-20)10-18(30)26-15-3-4-16-17(9-15)34-12-33-16/h3-4,9,11,13-14H,5-8,10,12H2,1-2H3,(H,25,31)(H,26,30). The molecule has 5 rings (SSSR count). The van der Waals surface area contributed by atoms with Crippen LogP contribution in [0.25, 0.3) is 10.3 Å². The van der Waals surface area contributed by atoms with E-state index < -0.39 is 0 Å². The molecule has 2 aromatic heterocycles. The molecule has 11 nitrogen and oxygen atoms in total. The first-order valence-electron chi connectivity index (χ1n) is 11.5. The molecule has 1 aromatic carbocycles. The molecular weight excluding hydrogens is 472 g/mol. The number of aromatic nitrogens is 3. The highest BCUT2D eigenvalue weighted by atomic mass is 32.1. The lowest BCUT2D eigenvalue weighted by atomic mass is 9.96. The summed E-state index contributed by atoms with van der Waals surface area (Å²) in [7, 11) is 0. The number of benzene rings is 1. The normalized spacial score (nSPS) is 15.6. The maximum atomic E-state index is 13.0. The minimum Gasteiger partial charge on any atom is -0.454 e. The third-order valence-electron chi connectivity index (χ3n) is 5.91. The van der Waals surface area contributed by atoms with Crippen LogP contribution < -0.4 is 30.6 Å². The summed E-state index contributed by atoms with van der Waals surface area (Å²) in [5, 5.41) is 6.44. The number of rotatable bonds is 6. The molecule has 35 heavy (non-hydrogen) atoms. The van der Waals surface area contributed by atoms with E-state index in [2.05, 4.69) is 25.5 Å². The summed E-state index contributed by atoms with van der Waals surface area (Å²) in [5.74, 6) is 0.899. The molecule has 2 N–H and O–H groups in total. The number of anilines is 2. The van der Waals surface area contributed by atoms with Gasteiger partial charge in [0.2, 0.25) is 18.6 Å². The van der Waals surface area contributed by atoms with Gasteiger partial charge in [0, 0.05) is 36.8 Å². The van der Waals surface area contributed by atoms with Gasteiger partial charge >= 0.3 is 0 Å². The molecule has 2 aliphatic heterocycles. The molecule has 0 saturated carbocycles. The van der Waals surface area contributed by atoms with Crippen LogP contribution in [0.5, 0.6) is 11.5 Å². The third-order valence-corrected chi connectivity index (χ3v) is 7.00. The molecule has 0 unspecified atom stereocenters. The van der Waals surface area contributed by atoms with E-state index >= 15 is 0 Å². The maximum absolute atomic E-state index is 13.0. The molecule has 0 aliphatic carbocycles. The Hall–Kier alpha value is -3.67. The van der Waals surface area contributed by atoms with Crippen LogP contribution >= 0.6 is 11.3 Å². The Balaban J connectivity index is 1.25. The fraction of sp³-hybridized carbons (Fsp3) is 0.435. The number of hydrogen-bond donors (Lipinski definition) is 2. The number of carbonyl (C=O) groups excluding carboxylic acids is 2. The Morgan fingerprint density at radius 2 is 1.97 bits per heavy atom. The van der Waals surface area contributed by atoms with Crippen molar-refractivity contribution in [3.8, 4) is 11.5 Å². The first kappa shape index (κ1) is 23.1. The molecule has 12 heteroatoms. The van der Waals surface area contributed by atoms with Gasteiger partial charge in [-0.25, -0.2) is 4.98 Å². The number of thiazole rings is 1. The Bertz CT molecular complexity index is 1330. The number of fused-ring (bicyclic) bond motifs is 2. The first-order valence-corrected chi connectivity index (χ1v) is 12.3. The van der Waals surface area contributed by atoms with Crippen molar-refractivity contribution in [2.24, 2.45) is 5.92 Å². The van der Waals surface area contributed by atoms with Crippen molar-refractivity contribution < 1.29 is 19.1 Å². The number of nitrogens with zero attached hydrogens (tertiary/aromatic N) is 4. The van der Waals surface area contributed by atoms with E-state index in [0.29, 0.717) is 45.8 Å². The van der Waals surface area contributed by atoms with Crippen molar-refractivity contribution in [1.82, 2.24) is 19.9 Å². The van der Waals surface area contributed by atoms with E-state index in [-0.39, 0.29) is 42.7 Å². The van der Waals surface area contributed by atoms with Gasteiger partial charge in [0.05, 0.1) is 0 Å². The largest absolute Gasteiger partial charge is 0.454 e. The lowest BCUT2D eigenvalue weighted by molar-refractivity contribution is -0.126. The predicted molar refractivity (Wildman–Crippen MR) is 131 cm³/mol. The molecule has 2 aliphatic rings. The second-order valence-electron chi connectivity index (χ2n) is 8.87. The van der Waals surface area contributed by atoms with E-state index in [4.69, 9.17) is 9.47 Å². The number of ether oxygens (including phenoxy) is 2. The molecule has 4 heterocycles. The Morgan fingerprint density at radius 1 is 1.20 bits per heavy atom. The average Bonchev–Trinajstić information content (AvgIpc) is 3.48. The van der Waals surface area contributed by atoms with Gasteiger partial charge in [0.1, 0.15) is 17.6 Å². The predicted octanol–water partition coefficient (Wildman–Crippen LogP) is 1.96. The van der Waals surface area contributed by atoms with Crippen LogP contribution in [0, 0.1) is 5.92 Å². The summed E-state index contributed by atoms with van der Waals surface area (Å²) in [6, 6.07) is 5.23. The van der Waals surface area contributed by atoms with Crippen LogP contribution in [0.2, 0.25) is 0 Å². The smallest absolute Gasteiger partial charge is 0.273 e. The fourth-order valence-electron chi connectivity index (χ4n) is 4.15. The van der Waals surface area contributed by atoms with E-state index in [1.165, 1.54) is 22.2 Å². The number of nitrogens with one attached hydrogen (secondary N) is 2. The molecular formula is C23H26N6O5S. The molecule has 0 radical (unpaired) electrons. The summed E-state index contributed by atoms with van der Waals surface area (Å²) in [6.45, 7) is 5.24. The van der Waals surface area contributed by atoms with Gasteiger partial charge in [-0.05, 0) is 38.8 Å². The average molecular weight is 499 g/mol. The second-order valence-corrected chi connectivity index (χ2v) is 9.85. The van der Waals surface area contributed by atoms with Crippen molar-refractivity contribution in [2.45, 2.75) is 39.3 Å². The molecule has 184 valence electrons. The Kier molecular flexibility index (Phi) is 6.29. The minimum absolute atomic E-state index is 0.0124. The van der Waals surface area contributed by atoms with Gasteiger partial charge in [-0.3, -0.25) is 19.0 Å². The van der Waals surface area contributed by atoms with Gasteiger partial charge in [-0.2, -0.15) is 4.98 Å². The van der Waals surface area contributed by atoms with Crippen LogP contribution in [0.15, 0.2) is 29.3 Å². The van der Waals surface area contributed by atoms with E-state index in [1.54, 1.807) is 18.2 Å². The maximum Gasteiger partial charge on any atom is 0.273 e. The van der Waals surface area contributed by atoms with Crippen LogP contribution in [-0.4, -0.2) is 52.3 Å². The first-order chi connectivity index (χ1) is 16.9. The van der Waals surface area contributed by atoms with Crippen molar-refractivity contribution in [1.29, 1.82) is 0 Å². The van der Waals surface area contributed by atoms with Gasteiger partial charge in [0.25, 0.3) is 5.56 Å². The molecule has 1 saturated heterocycles. The summed E-state index contributed by atoms with van der Waals surface area (Å²) in [5.41, 5.74) is 0.597. The molecule has 0 atom stereocenters. The fourth-order valence-corrected chi connectivity index (χ4v) is 5.17. The summed E-state index contributed by atoms with van der Waals surface area (Å²) in [6.07, 6.45) is 2.80. The number of amides is 2. The number of hydrogen-bond acceptors (Lipinski definition) is 9. The second kappa shape index (κ2) is 9.53. The topological polar surface area (TPSA) is 128 Å². The zero-order chi connectivity index (χ0) is 24.5. The van der Waals surface area contributed by atoms with Crippen molar-refractivity contribution in [3.63, 3.8) is 0 Å². The quantitative estimate of drug-likeness (QED) is 0.528. The van der Waals surface area contributed by atoms with Crippen LogP contribution in [0.3, 0.4) is 0 Å². The van der Waals surface area contributed by atoms with Crippen molar-refractivity contribution >= 4 is 44.3 Å². The van der Waals surface area contributed by atoms with E-state index in [1.807, 2.05) is 13.8 Å². The zero-order valence-corrected chi connectivity index (χ0v) is 20.3. The van der Waals surface area contributed by atoms with Crippen LogP contribution in [0.4, 0.5) is 10.8 Å². The number of carbonyl (C=O) groups is 2. The Labute approximate surface area is 205 Å². The zero-order valence-electron chi connectivity index (χ0n) is 19.4. The monoisotopic (exact) mass is 498 g/mol. The molecule has 2 amide bonds. The van der Waals surface area contributed by atoms with E-state index in [9.17, 15) is 14.4 Å². The molecule has 3 aromatic rings. The van der Waals surface area contributed by atoms with E-state index in [0.717, 1.165) is 12.8 Å². The summed E-state index contributed by atoms with van der Waals surface area (Å²) >= 11 is 1.27. The lowest BCUT2D eigenvalue weighted by Gasteiger charge is -2.31. The highest BCUT2D eigenvalue weighted by Crippen LogP contribution is 2.34. The van der Waals surface area contributed by atoms with Gasteiger partial charge in [-0.15, -0.1) is 0 Å². The third kappa shape index (κ3) is 4.92. The molecule has 0 bridgehead atoms. The minimum atomic E-state index is -0.362. The van der Waals surface area contributed by atoms with Gasteiger partial charge < -0.3 is 25.0 Å². The SMILES string of the molecule is CC(C)NC(=O)C1CCN(c2nc3ncn(CC(=O)Nc4ccc5c(c4)OCO5)c(=O)c3s2)CC1. The number of piperidine rings is 1. The van der Waals surface area contributed by atoms with Crippen molar-refractivity contribution in [3.05, 3.63) is 34.9 Å². The molecule has 0 spiro atoms. The van der Waals surface area contributed by atoms with Gasteiger partial charge in [0.15, 0.2) is 22.3 Å². The van der Waals surface area contributed by atoms with Crippen LogP contribution in [0.1, 0.15) is 26.7 Å². The Morgan fingerprint density at radius 3 is 2.74 bits per heavy atom. The van der Waals surface area contributed by atoms with Crippen molar-refractivity contribution in [2.75, 3.05) is 30.1 Å². The lowest BCUT2D eigenvalue weighted by Crippen LogP contribution is -2.42. The molecule has 1 fully saturated rings. The summed E-state index contributed by atoms with van der Waals surface area (Å²) < 4.78 is 12.3.